The molecule has 9 atom stereocenters. The van der Waals surface area contributed by atoms with E-state index in [2.05, 4.69) is 0 Å². The van der Waals surface area contributed by atoms with E-state index in [0.29, 0.717) is 6.42 Å². The van der Waals surface area contributed by atoms with Gasteiger partial charge < -0.3 is 14.9 Å². The van der Waals surface area contributed by atoms with E-state index in [1.807, 2.05) is 0 Å². The summed E-state index contributed by atoms with van der Waals surface area (Å²) in [5.41, 5.74) is -8.17. The van der Waals surface area contributed by atoms with Gasteiger partial charge in [-0.15, -0.1) is 0 Å². The van der Waals surface area contributed by atoms with Gasteiger partial charge in [-0.2, -0.15) is 0 Å². The van der Waals surface area contributed by atoms with E-state index in [1.165, 1.54) is 6.92 Å². The van der Waals surface area contributed by atoms with Gasteiger partial charge in [-0.25, -0.2) is 13.2 Å². The van der Waals surface area contributed by atoms with E-state index in [0.717, 1.165) is 12.2 Å². The minimum atomic E-state index is -2.53. The highest BCUT2D eigenvalue weighted by Crippen LogP contribution is 2.72. The summed E-state index contributed by atoms with van der Waals surface area (Å²) in [6.07, 6.45) is -1.89. The zero-order valence-corrected chi connectivity index (χ0v) is 20.4. The first-order valence-corrected chi connectivity index (χ1v) is 12.3. The Bertz CT molecular complexity index is 1020. The van der Waals surface area contributed by atoms with E-state index >= 15 is 8.78 Å². The second-order valence-electron chi connectivity index (χ2n) is 11.1. The molecule has 0 spiro atoms. The predicted molar refractivity (Wildman–Crippen MR) is 119 cm³/mol. The number of fused-ring (bicyclic) bond motifs is 5. The van der Waals surface area contributed by atoms with Crippen molar-refractivity contribution in [3.8, 4) is 0 Å². The Morgan fingerprint density at radius 1 is 1.23 bits per heavy atom. The fraction of sp³-hybridized carbons (Fsp3) is 0.731. The van der Waals surface area contributed by atoms with E-state index in [4.69, 9.17) is 4.74 Å². The maximum atomic E-state index is 17.2. The Kier molecular flexibility index (Phi) is 6.16. The van der Waals surface area contributed by atoms with Crippen LogP contribution in [-0.2, 0) is 19.1 Å². The topological polar surface area (TPSA) is 101 Å². The molecule has 0 aromatic heterocycles. The first-order chi connectivity index (χ1) is 16.3. The molecule has 0 bridgehead atoms. The standard InChI is InChI=1S/C26H33F3O6/c1-5-6-20(34)35-26(19(33)12-30)13(2)9-14-15-10-16(27)21-22(28)17(31)7-8-23(21,3)25(15,29)18(32)11-24(14,26)4/h7-8,13-16,18,30,32H,5-6,9-12H2,1-4H3/t13?,14-,15-,16?,18?,23-,24-,25-,26-/m0/s1. The van der Waals surface area contributed by atoms with Crippen LogP contribution in [-0.4, -0.2) is 57.9 Å². The van der Waals surface area contributed by atoms with Crippen LogP contribution in [0.25, 0.3) is 0 Å². The summed E-state index contributed by atoms with van der Waals surface area (Å²) in [6, 6.07) is 0. The normalized spacial score (nSPS) is 46.7. The number of rotatable bonds is 5. The molecule has 0 amide bonds. The first-order valence-electron chi connectivity index (χ1n) is 12.3. The van der Waals surface area contributed by atoms with Gasteiger partial charge >= 0.3 is 5.97 Å². The summed E-state index contributed by atoms with van der Waals surface area (Å²) in [6.45, 7) is 5.44. The van der Waals surface area contributed by atoms with Crippen molar-refractivity contribution in [3.63, 3.8) is 0 Å². The summed E-state index contributed by atoms with van der Waals surface area (Å²) >= 11 is 0. The molecule has 0 aromatic carbocycles. The number of carbonyl (C=O) groups excluding carboxylic acids is 3. The van der Waals surface area contributed by atoms with Gasteiger partial charge in [0.05, 0.1) is 6.10 Å². The second-order valence-corrected chi connectivity index (χ2v) is 11.1. The number of halogens is 3. The monoisotopic (exact) mass is 498 g/mol. The molecule has 0 aliphatic heterocycles. The highest BCUT2D eigenvalue weighted by molar-refractivity contribution is 6.04. The molecule has 0 radical (unpaired) electrons. The summed E-state index contributed by atoms with van der Waals surface area (Å²) in [5, 5.41) is 21.2. The maximum absolute atomic E-state index is 17.2. The Balaban J connectivity index is 1.88. The van der Waals surface area contributed by atoms with Gasteiger partial charge in [0.15, 0.2) is 17.1 Å². The van der Waals surface area contributed by atoms with Crippen LogP contribution in [0, 0.1) is 28.6 Å². The Hall–Kier alpha value is -2.00. The van der Waals surface area contributed by atoms with Gasteiger partial charge in [-0.1, -0.05) is 26.8 Å². The van der Waals surface area contributed by atoms with Crippen molar-refractivity contribution in [1.29, 1.82) is 0 Å². The largest absolute Gasteiger partial charge is 0.450 e. The number of hydrogen-bond acceptors (Lipinski definition) is 6. The Morgan fingerprint density at radius 2 is 1.89 bits per heavy atom. The number of esters is 1. The molecule has 3 saturated carbocycles. The third-order valence-corrected chi connectivity index (χ3v) is 9.53. The summed E-state index contributed by atoms with van der Waals surface area (Å²) < 4.78 is 53.4. The molecule has 0 saturated heterocycles. The molecule has 4 aliphatic carbocycles. The fourth-order valence-corrected chi connectivity index (χ4v) is 8.04. The number of alkyl halides is 2. The SMILES string of the molecule is CCCC(=O)O[C@]1(C(=O)CO)C(C)C[C@H]2[C@@H]3CC(F)C4=C(F)C(=O)C=C[C@]4(C)[C@@]3(F)C(O)C[C@@]21C. The maximum Gasteiger partial charge on any atom is 0.306 e. The molecule has 4 rings (SSSR count). The van der Waals surface area contributed by atoms with Crippen LogP contribution >= 0.6 is 0 Å². The second kappa shape index (κ2) is 8.26. The molecule has 9 heteroatoms. The van der Waals surface area contributed by atoms with E-state index in [-0.39, 0.29) is 19.3 Å². The average Bonchev–Trinajstić information content (AvgIpc) is 3.00. The van der Waals surface area contributed by atoms with Crippen molar-refractivity contribution in [2.45, 2.75) is 83.3 Å². The lowest BCUT2D eigenvalue weighted by Gasteiger charge is -2.63. The average molecular weight is 499 g/mol. The quantitative estimate of drug-likeness (QED) is 0.563. The molecule has 35 heavy (non-hydrogen) atoms. The predicted octanol–water partition coefficient (Wildman–Crippen LogP) is 3.49. The highest BCUT2D eigenvalue weighted by Gasteiger charge is 2.78. The number of ether oxygens (including phenoxy) is 1. The third kappa shape index (κ3) is 3.06. The van der Waals surface area contributed by atoms with Crippen LogP contribution in [0.5, 0.6) is 0 Å². The van der Waals surface area contributed by atoms with E-state index in [1.54, 1.807) is 20.8 Å². The molecular formula is C26H33F3O6. The number of allylic oxidation sites excluding steroid dienone is 4. The van der Waals surface area contributed by atoms with Crippen LogP contribution in [0.1, 0.15) is 59.8 Å². The summed E-state index contributed by atoms with van der Waals surface area (Å²) in [5.74, 6) is -6.29. The number of Topliss-reactive ketones (excluding diaryl/α,β-unsaturated/α-hetero) is 1. The van der Waals surface area contributed by atoms with Gasteiger partial charge in [0.2, 0.25) is 11.6 Å². The first kappa shape index (κ1) is 26.1. The van der Waals surface area contributed by atoms with Crippen molar-refractivity contribution >= 4 is 17.5 Å². The number of carbonyl (C=O) groups is 3. The van der Waals surface area contributed by atoms with Gasteiger partial charge in [0.25, 0.3) is 0 Å². The smallest absolute Gasteiger partial charge is 0.306 e. The minimum absolute atomic E-state index is 0.0316. The minimum Gasteiger partial charge on any atom is -0.450 e. The molecule has 0 aromatic rings. The van der Waals surface area contributed by atoms with E-state index in [9.17, 15) is 29.0 Å². The van der Waals surface area contributed by atoms with Crippen molar-refractivity contribution in [2.75, 3.05) is 6.61 Å². The third-order valence-electron chi connectivity index (χ3n) is 9.53. The zero-order chi connectivity index (χ0) is 26.1. The Labute approximate surface area is 202 Å². The number of hydrogen-bond donors (Lipinski definition) is 2. The lowest BCUT2D eigenvalue weighted by Crippen LogP contribution is -2.71. The van der Waals surface area contributed by atoms with Crippen LogP contribution in [0.2, 0.25) is 0 Å². The van der Waals surface area contributed by atoms with Crippen molar-refractivity contribution in [2.24, 2.45) is 28.6 Å². The number of ketones is 2. The van der Waals surface area contributed by atoms with Gasteiger partial charge in [0, 0.05) is 34.7 Å². The molecule has 0 heterocycles. The summed E-state index contributed by atoms with van der Waals surface area (Å²) in [7, 11) is 0. The van der Waals surface area contributed by atoms with Gasteiger partial charge in [0.1, 0.15) is 12.8 Å². The molecular weight excluding hydrogens is 465 g/mol. The molecule has 194 valence electrons. The Morgan fingerprint density at radius 3 is 2.49 bits per heavy atom. The molecule has 6 nitrogen and oxygen atoms in total. The van der Waals surface area contributed by atoms with Crippen molar-refractivity contribution in [3.05, 3.63) is 23.6 Å². The van der Waals surface area contributed by atoms with Crippen molar-refractivity contribution < 1.29 is 42.5 Å². The van der Waals surface area contributed by atoms with E-state index < -0.39 is 94.1 Å². The molecule has 4 aliphatic rings. The molecule has 3 fully saturated rings. The molecule has 3 unspecified atom stereocenters. The van der Waals surface area contributed by atoms with Crippen LogP contribution < -0.4 is 0 Å². The van der Waals surface area contributed by atoms with Crippen LogP contribution in [0.3, 0.4) is 0 Å². The zero-order valence-electron chi connectivity index (χ0n) is 20.4. The lowest BCUT2D eigenvalue weighted by molar-refractivity contribution is -0.232. The van der Waals surface area contributed by atoms with Crippen molar-refractivity contribution in [1.82, 2.24) is 0 Å². The highest BCUT2D eigenvalue weighted by atomic mass is 19.2. The molecule has 2 N–H and O–H groups in total. The lowest BCUT2D eigenvalue weighted by atomic mass is 9.44. The number of aliphatic hydroxyl groups excluding tert-OH is 2. The van der Waals surface area contributed by atoms with Gasteiger partial charge in [-0.3, -0.25) is 14.4 Å². The van der Waals surface area contributed by atoms with Gasteiger partial charge in [-0.05, 0) is 44.6 Å². The summed E-state index contributed by atoms with van der Waals surface area (Å²) in [4.78, 5) is 37.8. The number of aliphatic hydroxyl groups is 2. The van der Waals surface area contributed by atoms with Crippen LogP contribution in [0.15, 0.2) is 23.6 Å². The fourth-order valence-electron chi connectivity index (χ4n) is 8.04. The van der Waals surface area contributed by atoms with Crippen LogP contribution in [0.4, 0.5) is 13.2 Å².